The molecule has 2 atom stereocenters. The lowest BCUT2D eigenvalue weighted by atomic mass is 9.79. The van der Waals surface area contributed by atoms with Crippen molar-refractivity contribution in [3.63, 3.8) is 0 Å². The van der Waals surface area contributed by atoms with E-state index in [4.69, 9.17) is 0 Å². The van der Waals surface area contributed by atoms with E-state index in [1.165, 1.54) is 14.2 Å². The predicted octanol–water partition coefficient (Wildman–Crippen LogP) is 1.33. The molecule has 1 aliphatic rings. The van der Waals surface area contributed by atoms with Gasteiger partial charge >= 0.3 is 11.9 Å². The van der Waals surface area contributed by atoms with E-state index in [1.54, 1.807) is 24.3 Å². The summed E-state index contributed by atoms with van der Waals surface area (Å²) in [7, 11) is 2.40. The standard InChI is InChI=1S/C15H16O5/c1-19-14(17)12(15(18)20-2)11-8-7-9-5-3-4-6-10(9)13(11)16/h3-8,11-13,16H,1-2H3/t11-,13?/m0/s1. The van der Waals surface area contributed by atoms with Gasteiger partial charge in [-0.15, -0.1) is 0 Å². The van der Waals surface area contributed by atoms with E-state index in [1.807, 2.05) is 12.1 Å². The van der Waals surface area contributed by atoms with Crippen LogP contribution in [0.15, 0.2) is 30.3 Å². The molecular weight excluding hydrogens is 260 g/mol. The Morgan fingerprint density at radius 3 is 2.35 bits per heavy atom. The molecule has 0 radical (unpaired) electrons. The second-order valence-electron chi connectivity index (χ2n) is 4.53. The fraction of sp³-hybridized carbons (Fsp3) is 0.333. The Hall–Kier alpha value is -2.14. The van der Waals surface area contributed by atoms with Crippen LogP contribution < -0.4 is 0 Å². The summed E-state index contributed by atoms with van der Waals surface area (Å²) < 4.78 is 9.28. The van der Waals surface area contributed by atoms with Crippen LogP contribution in [0.3, 0.4) is 0 Å². The van der Waals surface area contributed by atoms with Crippen molar-refractivity contribution in [3.8, 4) is 0 Å². The van der Waals surface area contributed by atoms with Gasteiger partial charge in [0.2, 0.25) is 0 Å². The third kappa shape index (κ3) is 2.44. The van der Waals surface area contributed by atoms with Crippen molar-refractivity contribution in [3.05, 3.63) is 41.5 Å². The molecule has 1 N–H and O–H groups in total. The van der Waals surface area contributed by atoms with Crippen molar-refractivity contribution in [2.45, 2.75) is 6.10 Å². The van der Waals surface area contributed by atoms with Gasteiger partial charge in [0, 0.05) is 5.92 Å². The van der Waals surface area contributed by atoms with E-state index in [-0.39, 0.29) is 0 Å². The van der Waals surface area contributed by atoms with Crippen LogP contribution in [0.2, 0.25) is 0 Å². The number of ether oxygens (including phenoxy) is 2. The van der Waals surface area contributed by atoms with Gasteiger partial charge < -0.3 is 14.6 Å². The molecule has 20 heavy (non-hydrogen) atoms. The second kappa shape index (κ2) is 5.88. The number of benzene rings is 1. The van der Waals surface area contributed by atoms with E-state index in [0.29, 0.717) is 5.56 Å². The first-order valence-electron chi connectivity index (χ1n) is 6.21. The normalized spacial score (nSPS) is 20.4. The minimum Gasteiger partial charge on any atom is -0.468 e. The molecule has 5 nitrogen and oxygen atoms in total. The van der Waals surface area contributed by atoms with Gasteiger partial charge in [0.25, 0.3) is 0 Å². The van der Waals surface area contributed by atoms with Crippen LogP contribution in [0.1, 0.15) is 17.2 Å². The summed E-state index contributed by atoms with van der Waals surface area (Å²) in [5, 5.41) is 10.4. The molecule has 0 heterocycles. The predicted molar refractivity (Wildman–Crippen MR) is 71.4 cm³/mol. The van der Waals surface area contributed by atoms with E-state index < -0.39 is 29.9 Å². The summed E-state index contributed by atoms with van der Waals surface area (Å²) in [4.78, 5) is 23.6. The Morgan fingerprint density at radius 1 is 1.15 bits per heavy atom. The molecule has 0 saturated heterocycles. The van der Waals surface area contributed by atoms with Crippen molar-refractivity contribution in [2.24, 2.45) is 11.8 Å². The summed E-state index contributed by atoms with van der Waals surface area (Å²) in [5.41, 5.74) is 1.54. The highest BCUT2D eigenvalue weighted by atomic mass is 16.5. The summed E-state index contributed by atoms with van der Waals surface area (Å²) in [6.07, 6.45) is 2.47. The van der Waals surface area contributed by atoms with E-state index >= 15 is 0 Å². The van der Waals surface area contributed by atoms with Crippen LogP contribution in [0.25, 0.3) is 6.08 Å². The lowest BCUT2D eigenvalue weighted by Crippen LogP contribution is -2.36. The van der Waals surface area contributed by atoms with Crippen LogP contribution in [0.5, 0.6) is 0 Å². The average molecular weight is 276 g/mol. The summed E-state index contributed by atoms with van der Waals surface area (Å²) >= 11 is 0. The number of hydrogen-bond acceptors (Lipinski definition) is 5. The zero-order valence-corrected chi connectivity index (χ0v) is 11.3. The largest absolute Gasteiger partial charge is 0.468 e. The molecule has 0 aliphatic heterocycles. The molecule has 0 amide bonds. The number of aliphatic hydroxyl groups excluding tert-OH is 1. The first-order valence-corrected chi connectivity index (χ1v) is 6.21. The van der Waals surface area contributed by atoms with Crippen molar-refractivity contribution < 1.29 is 24.2 Å². The number of methoxy groups -OCH3 is 2. The average Bonchev–Trinajstić information content (AvgIpc) is 2.49. The van der Waals surface area contributed by atoms with Gasteiger partial charge in [0.1, 0.15) is 0 Å². The zero-order chi connectivity index (χ0) is 14.7. The third-order valence-corrected chi connectivity index (χ3v) is 3.47. The van der Waals surface area contributed by atoms with Gasteiger partial charge in [-0.25, -0.2) is 0 Å². The Kier molecular flexibility index (Phi) is 4.20. The minimum absolute atomic E-state index is 0.679. The Bertz CT molecular complexity index is 533. The molecule has 0 spiro atoms. The number of rotatable bonds is 3. The lowest BCUT2D eigenvalue weighted by Gasteiger charge is -2.29. The first-order chi connectivity index (χ1) is 9.60. The maximum absolute atomic E-state index is 11.8. The molecule has 1 aromatic rings. The van der Waals surface area contributed by atoms with E-state index in [0.717, 1.165) is 5.56 Å². The molecule has 2 rings (SSSR count). The topological polar surface area (TPSA) is 72.8 Å². The number of aliphatic hydroxyl groups is 1. The highest BCUT2D eigenvalue weighted by molar-refractivity contribution is 5.95. The van der Waals surface area contributed by atoms with Crippen LogP contribution in [-0.2, 0) is 19.1 Å². The molecule has 0 fully saturated rings. The highest BCUT2D eigenvalue weighted by Crippen LogP contribution is 2.37. The van der Waals surface area contributed by atoms with Gasteiger partial charge in [-0.3, -0.25) is 9.59 Å². The highest BCUT2D eigenvalue weighted by Gasteiger charge is 2.41. The monoisotopic (exact) mass is 276 g/mol. The smallest absolute Gasteiger partial charge is 0.320 e. The summed E-state index contributed by atoms with van der Waals surface area (Å²) in [6.45, 7) is 0. The molecule has 1 aromatic carbocycles. The maximum Gasteiger partial charge on any atom is 0.320 e. The fourth-order valence-electron chi connectivity index (χ4n) is 2.42. The van der Waals surface area contributed by atoms with Crippen LogP contribution >= 0.6 is 0 Å². The van der Waals surface area contributed by atoms with Gasteiger partial charge in [-0.2, -0.15) is 0 Å². The first kappa shape index (κ1) is 14.3. The molecule has 5 heteroatoms. The molecule has 1 unspecified atom stereocenters. The third-order valence-electron chi connectivity index (χ3n) is 3.47. The number of carbonyl (C=O) groups excluding carboxylic acids is 2. The summed E-state index contributed by atoms with van der Waals surface area (Å²) in [5.74, 6) is -3.32. The summed E-state index contributed by atoms with van der Waals surface area (Å²) in [6, 6.07) is 7.27. The van der Waals surface area contributed by atoms with Crippen molar-refractivity contribution >= 4 is 18.0 Å². The number of carbonyl (C=O) groups is 2. The Balaban J connectivity index is 2.37. The quantitative estimate of drug-likeness (QED) is 0.666. The van der Waals surface area contributed by atoms with Gasteiger partial charge in [-0.05, 0) is 11.1 Å². The van der Waals surface area contributed by atoms with Gasteiger partial charge in [-0.1, -0.05) is 36.4 Å². The van der Waals surface area contributed by atoms with E-state index in [2.05, 4.69) is 9.47 Å². The molecule has 0 saturated carbocycles. The fourth-order valence-corrected chi connectivity index (χ4v) is 2.42. The Morgan fingerprint density at radius 2 is 1.75 bits per heavy atom. The number of fused-ring (bicyclic) bond motifs is 1. The number of hydrogen-bond donors (Lipinski definition) is 1. The van der Waals surface area contributed by atoms with E-state index in [9.17, 15) is 14.7 Å². The Labute approximate surface area is 116 Å². The minimum atomic E-state index is -1.18. The van der Waals surface area contributed by atoms with Gasteiger partial charge in [0.15, 0.2) is 5.92 Å². The van der Waals surface area contributed by atoms with Crippen LogP contribution in [0, 0.1) is 11.8 Å². The number of esters is 2. The molecule has 106 valence electrons. The molecule has 1 aliphatic carbocycles. The zero-order valence-electron chi connectivity index (χ0n) is 11.3. The lowest BCUT2D eigenvalue weighted by molar-refractivity contribution is -0.162. The van der Waals surface area contributed by atoms with Crippen molar-refractivity contribution in [1.82, 2.24) is 0 Å². The molecule has 0 bridgehead atoms. The van der Waals surface area contributed by atoms with Crippen molar-refractivity contribution in [1.29, 1.82) is 0 Å². The van der Waals surface area contributed by atoms with Gasteiger partial charge in [0.05, 0.1) is 20.3 Å². The maximum atomic E-state index is 11.8. The SMILES string of the molecule is COC(=O)C(C(=O)OC)[C@@H]1C=Cc2ccccc2C1O. The second-order valence-corrected chi connectivity index (χ2v) is 4.53. The molecule has 0 aromatic heterocycles. The van der Waals surface area contributed by atoms with Crippen LogP contribution in [0.4, 0.5) is 0 Å². The van der Waals surface area contributed by atoms with Crippen LogP contribution in [-0.4, -0.2) is 31.3 Å². The van der Waals surface area contributed by atoms with Crippen molar-refractivity contribution in [2.75, 3.05) is 14.2 Å². The molecular formula is C15H16O5.